The molecular weight excluding hydrogens is 306 g/mol. The molecule has 6 nitrogen and oxygen atoms in total. The maximum atomic E-state index is 11.1. The second-order valence-electron chi connectivity index (χ2n) is 7.65. The van der Waals surface area contributed by atoms with Crippen molar-refractivity contribution in [1.29, 1.82) is 0 Å². The first-order chi connectivity index (χ1) is 11.7. The monoisotopic (exact) mass is 339 g/mol. The SMILES string of the molecule is O=C(O)N1CCN2CC(COCCCN3CCCCC3)CCC2C1. The average molecular weight is 339 g/mol. The number of hydrogen-bond donors (Lipinski definition) is 1. The largest absolute Gasteiger partial charge is 0.465 e. The summed E-state index contributed by atoms with van der Waals surface area (Å²) in [7, 11) is 0. The van der Waals surface area contributed by atoms with Gasteiger partial charge in [0, 0.05) is 45.4 Å². The molecule has 0 aromatic heterocycles. The van der Waals surface area contributed by atoms with Gasteiger partial charge in [0.25, 0.3) is 0 Å². The van der Waals surface area contributed by atoms with Crippen molar-refractivity contribution in [2.75, 3.05) is 59.0 Å². The number of carbonyl (C=O) groups is 1. The average Bonchev–Trinajstić information content (AvgIpc) is 2.61. The molecule has 0 aromatic rings. The smallest absolute Gasteiger partial charge is 0.407 e. The predicted octanol–water partition coefficient (Wildman–Crippen LogP) is 1.95. The van der Waals surface area contributed by atoms with E-state index in [1.165, 1.54) is 45.3 Å². The van der Waals surface area contributed by atoms with Gasteiger partial charge in [0.05, 0.1) is 6.61 Å². The summed E-state index contributed by atoms with van der Waals surface area (Å²) in [6.45, 7) is 8.75. The summed E-state index contributed by atoms with van der Waals surface area (Å²) in [5.74, 6) is 0.618. The topological polar surface area (TPSA) is 56.3 Å². The molecule has 1 amide bonds. The van der Waals surface area contributed by atoms with Gasteiger partial charge >= 0.3 is 6.09 Å². The minimum Gasteiger partial charge on any atom is -0.465 e. The van der Waals surface area contributed by atoms with Gasteiger partial charge in [0.15, 0.2) is 0 Å². The van der Waals surface area contributed by atoms with Crippen molar-refractivity contribution >= 4 is 6.09 Å². The van der Waals surface area contributed by atoms with Crippen LogP contribution in [0.5, 0.6) is 0 Å². The van der Waals surface area contributed by atoms with Crippen molar-refractivity contribution in [3.63, 3.8) is 0 Å². The van der Waals surface area contributed by atoms with Crippen LogP contribution in [-0.4, -0.2) is 91.0 Å². The molecule has 3 aliphatic rings. The van der Waals surface area contributed by atoms with Gasteiger partial charge in [-0.05, 0) is 51.1 Å². The van der Waals surface area contributed by atoms with Gasteiger partial charge in [-0.1, -0.05) is 6.42 Å². The second kappa shape index (κ2) is 9.02. The summed E-state index contributed by atoms with van der Waals surface area (Å²) < 4.78 is 5.95. The number of likely N-dealkylation sites (tertiary alicyclic amines) is 1. The Balaban J connectivity index is 1.27. The van der Waals surface area contributed by atoms with Gasteiger partial charge in [-0.3, -0.25) is 4.90 Å². The van der Waals surface area contributed by atoms with E-state index in [0.717, 1.165) is 39.1 Å². The van der Waals surface area contributed by atoms with E-state index in [9.17, 15) is 4.79 Å². The molecule has 0 aromatic carbocycles. The minimum atomic E-state index is -0.770. The Morgan fingerprint density at radius 2 is 1.88 bits per heavy atom. The molecule has 0 radical (unpaired) electrons. The lowest BCUT2D eigenvalue weighted by Crippen LogP contribution is -2.57. The van der Waals surface area contributed by atoms with Crippen LogP contribution in [0, 0.1) is 5.92 Å². The summed E-state index contributed by atoms with van der Waals surface area (Å²) in [5, 5.41) is 9.13. The lowest BCUT2D eigenvalue weighted by molar-refractivity contribution is 0.00190. The van der Waals surface area contributed by atoms with Crippen LogP contribution in [-0.2, 0) is 4.74 Å². The third-order valence-corrected chi connectivity index (χ3v) is 5.84. The van der Waals surface area contributed by atoms with Gasteiger partial charge < -0.3 is 19.6 Å². The molecule has 6 heteroatoms. The maximum absolute atomic E-state index is 11.1. The summed E-state index contributed by atoms with van der Waals surface area (Å²) in [6, 6.07) is 0.421. The highest BCUT2D eigenvalue weighted by Crippen LogP contribution is 2.25. The normalized spacial score (nSPS) is 29.4. The van der Waals surface area contributed by atoms with E-state index < -0.39 is 6.09 Å². The van der Waals surface area contributed by atoms with Crippen LogP contribution < -0.4 is 0 Å². The van der Waals surface area contributed by atoms with Crippen molar-refractivity contribution in [2.24, 2.45) is 5.92 Å². The number of piperazine rings is 1. The third-order valence-electron chi connectivity index (χ3n) is 5.84. The van der Waals surface area contributed by atoms with Crippen molar-refractivity contribution in [2.45, 2.75) is 44.6 Å². The first-order valence-electron chi connectivity index (χ1n) is 9.74. The molecule has 1 N–H and O–H groups in total. The summed E-state index contributed by atoms with van der Waals surface area (Å²) in [4.78, 5) is 17.7. The van der Waals surface area contributed by atoms with Crippen LogP contribution in [0.1, 0.15) is 38.5 Å². The molecule has 0 spiro atoms. The molecule has 0 aliphatic carbocycles. The van der Waals surface area contributed by atoms with Crippen LogP contribution in [0.3, 0.4) is 0 Å². The van der Waals surface area contributed by atoms with E-state index in [0.29, 0.717) is 25.0 Å². The van der Waals surface area contributed by atoms with E-state index in [2.05, 4.69) is 9.80 Å². The zero-order valence-electron chi connectivity index (χ0n) is 14.9. The molecule has 3 fully saturated rings. The highest BCUT2D eigenvalue weighted by atomic mass is 16.5. The Morgan fingerprint density at radius 3 is 2.67 bits per heavy atom. The van der Waals surface area contributed by atoms with Crippen molar-refractivity contribution in [3.8, 4) is 0 Å². The number of rotatable bonds is 6. The summed E-state index contributed by atoms with van der Waals surface area (Å²) in [5.41, 5.74) is 0. The highest BCUT2D eigenvalue weighted by molar-refractivity contribution is 5.65. The van der Waals surface area contributed by atoms with Crippen molar-refractivity contribution < 1.29 is 14.6 Å². The lowest BCUT2D eigenvalue weighted by atomic mass is 9.91. The lowest BCUT2D eigenvalue weighted by Gasteiger charge is -2.45. The highest BCUT2D eigenvalue weighted by Gasteiger charge is 2.34. The number of carboxylic acid groups (broad SMARTS) is 1. The first-order valence-corrected chi connectivity index (χ1v) is 9.74. The van der Waals surface area contributed by atoms with Crippen molar-refractivity contribution in [3.05, 3.63) is 0 Å². The molecule has 0 saturated carbocycles. The van der Waals surface area contributed by atoms with Crippen LogP contribution >= 0.6 is 0 Å². The molecular formula is C18H33N3O3. The second-order valence-corrected chi connectivity index (χ2v) is 7.65. The standard InChI is InChI=1S/C18H33N3O3/c22-18(23)21-11-10-20-13-16(5-6-17(20)14-21)15-24-12-4-9-19-7-2-1-3-8-19/h16-17H,1-15H2,(H,22,23). The zero-order valence-corrected chi connectivity index (χ0v) is 14.9. The van der Waals surface area contributed by atoms with E-state index >= 15 is 0 Å². The Bertz CT molecular complexity index is 401. The Kier molecular flexibility index (Phi) is 6.75. The van der Waals surface area contributed by atoms with E-state index in [-0.39, 0.29) is 0 Å². The molecule has 24 heavy (non-hydrogen) atoms. The molecule has 3 saturated heterocycles. The molecule has 0 bridgehead atoms. The number of ether oxygens (including phenoxy) is 1. The molecule has 2 unspecified atom stereocenters. The Morgan fingerprint density at radius 1 is 1.04 bits per heavy atom. The van der Waals surface area contributed by atoms with Gasteiger partial charge in [0.1, 0.15) is 0 Å². The van der Waals surface area contributed by atoms with E-state index in [1.54, 1.807) is 4.90 Å². The third kappa shape index (κ3) is 5.07. The Hall–Kier alpha value is -0.850. The van der Waals surface area contributed by atoms with Crippen LogP contribution in [0.2, 0.25) is 0 Å². The Labute approximate surface area is 145 Å². The number of hydrogen-bond acceptors (Lipinski definition) is 4. The predicted molar refractivity (Wildman–Crippen MR) is 93.4 cm³/mol. The van der Waals surface area contributed by atoms with E-state index in [1.807, 2.05) is 0 Å². The zero-order chi connectivity index (χ0) is 16.8. The number of nitrogens with zero attached hydrogens (tertiary/aromatic N) is 3. The first kappa shape index (κ1) is 18.0. The van der Waals surface area contributed by atoms with Crippen LogP contribution in [0.25, 0.3) is 0 Å². The summed E-state index contributed by atoms with van der Waals surface area (Å²) in [6.07, 6.45) is 6.77. The molecule has 3 aliphatic heterocycles. The fourth-order valence-corrected chi connectivity index (χ4v) is 4.39. The molecule has 3 heterocycles. The van der Waals surface area contributed by atoms with Crippen LogP contribution in [0.15, 0.2) is 0 Å². The van der Waals surface area contributed by atoms with Crippen LogP contribution in [0.4, 0.5) is 4.79 Å². The fourth-order valence-electron chi connectivity index (χ4n) is 4.39. The van der Waals surface area contributed by atoms with Gasteiger partial charge in [-0.25, -0.2) is 4.79 Å². The molecule has 3 rings (SSSR count). The van der Waals surface area contributed by atoms with Gasteiger partial charge in [0.2, 0.25) is 0 Å². The fraction of sp³-hybridized carbons (Fsp3) is 0.944. The quantitative estimate of drug-likeness (QED) is 0.750. The number of amides is 1. The number of piperidine rings is 2. The van der Waals surface area contributed by atoms with Gasteiger partial charge in [-0.15, -0.1) is 0 Å². The summed E-state index contributed by atoms with van der Waals surface area (Å²) >= 11 is 0. The van der Waals surface area contributed by atoms with Gasteiger partial charge in [-0.2, -0.15) is 0 Å². The van der Waals surface area contributed by atoms with E-state index in [4.69, 9.17) is 9.84 Å². The molecule has 2 atom stereocenters. The maximum Gasteiger partial charge on any atom is 0.407 e. The number of fused-ring (bicyclic) bond motifs is 1. The molecule has 138 valence electrons. The minimum absolute atomic E-state index is 0.421. The van der Waals surface area contributed by atoms with Crippen molar-refractivity contribution in [1.82, 2.24) is 14.7 Å².